The zero-order valence-corrected chi connectivity index (χ0v) is 17.2. The van der Waals surface area contributed by atoms with E-state index in [1.807, 2.05) is 0 Å². The van der Waals surface area contributed by atoms with E-state index in [-0.39, 0.29) is 23.7 Å². The van der Waals surface area contributed by atoms with Crippen LogP contribution in [0.25, 0.3) is 10.9 Å². The summed E-state index contributed by atoms with van der Waals surface area (Å²) >= 11 is 6.01. The minimum Gasteiger partial charge on any atom is -0.478 e. The number of piperazine rings is 1. The Morgan fingerprint density at radius 3 is 2.16 bits per heavy atom. The first-order chi connectivity index (χ1) is 14.8. The molecule has 2 heterocycles. The number of nitrogens with zero attached hydrogens (tertiary/aromatic N) is 3. The Morgan fingerprint density at radius 2 is 1.55 bits per heavy atom. The molecule has 0 atom stereocenters. The van der Waals surface area contributed by atoms with Crippen LogP contribution in [0.15, 0.2) is 48.5 Å². The fraction of sp³-hybridized carbons (Fsp3) is 0.227. The number of carboxylic acid groups (broad SMARTS) is 2. The molecule has 3 aromatic rings. The van der Waals surface area contributed by atoms with Crippen LogP contribution < -0.4 is 4.90 Å². The van der Waals surface area contributed by atoms with Gasteiger partial charge in [0, 0.05) is 47.8 Å². The van der Waals surface area contributed by atoms with Gasteiger partial charge in [-0.1, -0.05) is 11.6 Å². The quantitative estimate of drug-likeness (QED) is 0.630. The minimum absolute atomic E-state index is 0.0442. The third kappa shape index (κ3) is 4.20. The highest BCUT2D eigenvalue weighted by Crippen LogP contribution is 2.24. The maximum Gasteiger partial charge on any atom is 0.352 e. The third-order valence-electron chi connectivity index (χ3n) is 5.49. The Kier molecular flexibility index (Phi) is 5.56. The maximum atomic E-state index is 12.9. The molecule has 4 rings (SSSR count). The van der Waals surface area contributed by atoms with Gasteiger partial charge in [0.1, 0.15) is 12.2 Å². The first kappa shape index (κ1) is 20.7. The Bertz CT molecular complexity index is 1160. The average Bonchev–Trinajstić information content (AvgIpc) is 3.11. The molecule has 1 amide bonds. The van der Waals surface area contributed by atoms with Crippen LogP contribution in [0.2, 0.25) is 5.02 Å². The fourth-order valence-corrected chi connectivity index (χ4v) is 4.03. The number of carbonyl (C=O) groups excluding carboxylic acids is 1. The molecule has 0 aliphatic carbocycles. The van der Waals surface area contributed by atoms with Gasteiger partial charge in [0.05, 0.1) is 5.56 Å². The Hall–Kier alpha value is -3.52. The van der Waals surface area contributed by atoms with Crippen molar-refractivity contribution in [2.45, 2.75) is 6.54 Å². The summed E-state index contributed by atoms with van der Waals surface area (Å²) < 4.78 is 1.51. The van der Waals surface area contributed by atoms with E-state index < -0.39 is 11.9 Å². The molecule has 9 heteroatoms. The molecule has 2 aromatic carbocycles. The van der Waals surface area contributed by atoms with E-state index in [4.69, 9.17) is 16.7 Å². The van der Waals surface area contributed by atoms with E-state index in [1.54, 1.807) is 47.4 Å². The lowest BCUT2D eigenvalue weighted by molar-refractivity contribution is -0.132. The van der Waals surface area contributed by atoms with Crippen molar-refractivity contribution in [1.29, 1.82) is 0 Å². The highest BCUT2D eigenvalue weighted by molar-refractivity contribution is 6.31. The molecule has 0 saturated carbocycles. The number of hydrogen-bond acceptors (Lipinski definition) is 4. The van der Waals surface area contributed by atoms with Gasteiger partial charge in [-0.3, -0.25) is 4.79 Å². The van der Waals surface area contributed by atoms with Gasteiger partial charge in [-0.2, -0.15) is 0 Å². The predicted octanol–water partition coefficient (Wildman–Crippen LogP) is 3.04. The molecule has 1 saturated heterocycles. The van der Waals surface area contributed by atoms with Crippen LogP contribution in [0.5, 0.6) is 0 Å². The van der Waals surface area contributed by atoms with Gasteiger partial charge in [-0.15, -0.1) is 0 Å². The fourth-order valence-electron chi connectivity index (χ4n) is 3.85. The monoisotopic (exact) mass is 441 g/mol. The first-order valence-electron chi connectivity index (χ1n) is 9.71. The lowest BCUT2D eigenvalue weighted by Gasteiger charge is -2.36. The summed E-state index contributed by atoms with van der Waals surface area (Å²) in [5.74, 6) is -2.23. The number of benzene rings is 2. The van der Waals surface area contributed by atoms with Crippen LogP contribution in [-0.2, 0) is 11.3 Å². The zero-order valence-electron chi connectivity index (χ0n) is 16.5. The predicted molar refractivity (Wildman–Crippen MR) is 116 cm³/mol. The molecule has 2 N–H and O–H groups in total. The minimum atomic E-state index is -1.10. The van der Waals surface area contributed by atoms with Crippen LogP contribution in [0.1, 0.15) is 20.8 Å². The number of anilines is 1. The second-order valence-corrected chi connectivity index (χ2v) is 7.78. The van der Waals surface area contributed by atoms with Crippen molar-refractivity contribution in [1.82, 2.24) is 9.47 Å². The van der Waals surface area contributed by atoms with E-state index in [0.717, 1.165) is 5.69 Å². The first-order valence-corrected chi connectivity index (χ1v) is 10.1. The average molecular weight is 442 g/mol. The zero-order chi connectivity index (χ0) is 22.1. The van der Waals surface area contributed by atoms with Gasteiger partial charge in [-0.25, -0.2) is 9.59 Å². The van der Waals surface area contributed by atoms with E-state index in [2.05, 4.69) is 4.90 Å². The second kappa shape index (κ2) is 8.31. The van der Waals surface area contributed by atoms with Gasteiger partial charge in [0.25, 0.3) is 0 Å². The summed E-state index contributed by atoms with van der Waals surface area (Å²) in [5, 5.41) is 19.7. The summed E-state index contributed by atoms with van der Waals surface area (Å²) in [7, 11) is 0. The second-order valence-electron chi connectivity index (χ2n) is 7.34. The van der Waals surface area contributed by atoms with Crippen LogP contribution >= 0.6 is 11.6 Å². The molecule has 0 bridgehead atoms. The number of rotatable bonds is 5. The summed E-state index contributed by atoms with van der Waals surface area (Å²) in [6.07, 6.45) is 0. The number of hydrogen-bond donors (Lipinski definition) is 2. The molecule has 31 heavy (non-hydrogen) atoms. The highest BCUT2D eigenvalue weighted by Gasteiger charge is 2.24. The lowest BCUT2D eigenvalue weighted by Crippen LogP contribution is -2.49. The number of aromatic nitrogens is 1. The molecule has 1 aliphatic rings. The van der Waals surface area contributed by atoms with Crippen LogP contribution in [0.4, 0.5) is 5.69 Å². The number of carboxylic acids is 2. The van der Waals surface area contributed by atoms with E-state index in [1.165, 1.54) is 10.6 Å². The summed E-state index contributed by atoms with van der Waals surface area (Å²) in [5.41, 5.74) is 1.82. The molecule has 0 spiro atoms. The summed E-state index contributed by atoms with van der Waals surface area (Å²) in [4.78, 5) is 39.4. The number of carbonyl (C=O) groups is 3. The van der Waals surface area contributed by atoms with Crippen molar-refractivity contribution in [3.8, 4) is 0 Å². The van der Waals surface area contributed by atoms with E-state index >= 15 is 0 Å². The van der Waals surface area contributed by atoms with Crippen molar-refractivity contribution in [2.24, 2.45) is 0 Å². The molecule has 8 nitrogen and oxygen atoms in total. The molecular formula is C22H20ClN3O5. The van der Waals surface area contributed by atoms with Crippen LogP contribution in [0.3, 0.4) is 0 Å². The van der Waals surface area contributed by atoms with Crippen molar-refractivity contribution < 1.29 is 24.6 Å². The third-order valence-corrected chi connectivity index (χ3v) is 5.72. The molecular weight excluding hydrogens is 422 g/mol. The molecule has 0 radical (unpaired) electrons. The van der Waals surface area contributed by atoms with Gasteiger partial charge in [-0.05, 0) is 48.5 Å². The molecule has 1 aliphatic heterocycles. The summed E-state index contributed by atoms with van der Waals surface area (Å²) in [6.45, 7) is 2.12. The van der Waals surface area contributed by atoms with E-state index in [9.17, 15) is 19.5 Å². The van der Waals surface area contributed by atoms with Gasteiger partial charge in [0.2, 0.25) is 5.91 Å². The number of aromatic carboxylic acids is 2. The van der Waals surface area contributed by atoms with Crippen LogP contribution in [-0.4, -0.2) is 63.7 Å². The largest absolute Gasteiger partial charge is 0.478 e. The molecule has 1 aromatic heterocycles. The Labute approximate surface area is 182 Å². The number of fused-ring (bicyclic) bond motifs is 1. The van der Waals surface area contributed by atoms with Gasteiger partial charge < -0.3 is 24.6 Å². The topological polar surface area (TPSA) is 103 Å². The SMILES string of the molecule is O=C(O)c1ccc(N2CCN(C(=O)Cn3c(C(=O)O)cc4cc(Cl)ccc43)CC2)cc1. The van der Waals surface area contributed by atoms with Crippen LogP contribution in [0, 0.1) is 0 Å². The van der Waals surface area contributed by atoms with Crippen molar-refractivity contribution in [3.05, 3.63) is 64.8 Å². The molecule has 160 valence electrons. The Morgan fingerprint density at radius 1 is 0.871 bits per heavy atom. The smallest absolute Gasteiger partial charge is 0.352 e. The lowest BCUT2D eigenvalue weighted by atomic mass is 10.2. The maximum absolute atomic E-state index is 12.9. The van der Waals surface area contributed by atoms with Gasteiger partial charge >= 0.3 is 11.9 Å². The summed E-state index contributed by atoms with van der Waals surface area (Å²) in [6, 6.07) is 13.2. The van der Waals surface area contributed by atoms with Crippen molar-refractivity contribution in [3.63, 3.8) is 0 Å². The standard InChI is InChI=1S/C22H20ClN3O5/c23-16-3-6-18-15(11-16)12-19(22(30)31)26(18)13-20(27)25-9-7-24(8-10-25)17-4-1-14(2-5-17)21(28)29/h1-6,11-12H,7-10,13H2,(H,28,29)(H,30,31). The molecule has 1 fully saturated rings. The number of amides is 1. The molecule has 0 unspecified atom stereocenters. The van der Waals surface area contributed by atoms with E-state index in [0.29, 0.717) is 42.1 Å². The number of halogens is 1. The van der Waals surface area contributed by atoms with Crippen molar-refractivity contribution in [2.75, 3.05) is 31.1 Å². The highest BCUT2D eigenvalue weighted by atomic mass is 35.5. The Balaban J connectivity index is 1.45. The van der Waals surface area contributed by atoms with Crippen molar-refractivity contribution >= 4 is 46.0 Å². The van der Waals surface area contributed by atoms with Gasteiger partial charge in [0.15, 0.2) is 0 Å². The normalized spacial score (nSPS) is 14.1.